The largest absolute Gasteiger partial charge is 0.497 e. The second kappa shape index (κ2) is 8.31. The van der Waals surface area contributed by atoms with Crippen LogP contribution >= 0.6 is 0 Å². The SMILES string of the molecule is COc1cccc(CN2CCC3(CCc4nc(-c5ccccc5)cc(=O)n4CC3)C2)c1. The fraction of sp³-hybridized carbons (Fsp3) is 0.385. The summed E-state index contributed by atoms with van der Waals surface area (Å²) in [7, 11) is 1.71. The van der Waals surface area contributed by atoms with Gasteiger partial charge < -0.3 is 4.74 Å². The summed E-state index contributed by atoms with van der Waals surface area (Å²) in [6.07, 6.45) is 4.18. The number of rotatable bonds is 4. The fourth-order valence-electron chi connectivity index (χ4n) is 5.19. The van der Waals surface area contributed by atoms with E-state index in [2.05, 4.69) is 23.1 Å². The topological polar surface area (TPSA) is 47.4 Å². The van der Waals surface area contributed by atoms with Crippen molar-refractivity contribution < 1.29 is 4.74 Å². The van der Waals surface area contributed by atoms with E-state index >= 15 is 0 Å². The maximum Gasteiger partial charge on any atom is 0.254 e. The molecule has 0 N–H and O–H groups in total. The van der Waals surface area contributed by atoms with Crippen molar-refractivity contribution >= 4 is 0 Å². The van der Waals surface area contributed by atoms with Crippen LogP contribution in [0.15, 0.2) is 65.5 Å². The van der Waals surface area contributed by atoms with Gasteiger partial charge in [-0.2, -0.15) is 0 Å². The van der Waals surface area contributed by atoms with Gasteiger partial charge in [-0.15, -0.1) is 0 Å². The Labute approximate surface area is 183 Å². The Morgan fingerprint density at radius 3 is 2.68 bits per heavy atom. The van der Waals surface area contributed by atoms with Gasteiger partial charge in [0.25, 0.3) is 5.56 Å². The van der Waals surface area contributed by atoms with Crippen molar-refractivity contribution in [2.45, 2.75) is 38.8 Å². The van der Waals surface area contributed by atoms with Gasteiger partial charge >= 0.3 is 0 Å². The highest BCUT2D eigenvalue weighted by Crippen LogP contribution is 2.41. The fourth-order valence-corrected chi connectivity index (χ4v) is 5.19. The van der Waals surface area contributed by atoms with Gasteiger partial charge in [0.05, 0.1) is 12.8 Å². The van der Waals surface area contributed by atoms with Gasteiger partial charge in [0.2, 0.25) is 0 Å². The lowest BCUT2D eigenvalue weighted by atomic mass is 9.80. The molecule has 5 nitrogen and oxygen atoms in total. The van der Waals surface area contributed by atoms with Crippen LogP contribution in [0.2, 0.25) is 0 Å². The number of hydrogen-bond acceptors (Lipinski definition) is 4. The lowest BCUT2D eigenvalue weighted by Crippen LogP contribution is -2.28. The number of likely N-dealkylation sites (tertiary alicyclic amines) is 1. The molecule has 31 heavy (non-hydrogen) atoms. The Balaban J connectivity index is 1.32. The van der Waals surface area contributed by atoms with Crippen LogP contribution in [0, 0.1) is 5.41 Å². The zero-order chi connectivity index (χ0) is 21.3. The molecule has 1 atom stereocenters. The first-order valence-electron chi connectivity index (χ1n) is 11.2. The second-order valence-electron chi connectivity index (χ2n) is 8.98. The summed E-state index contributed by atoms with van der Waals surface area (Å²) in [5, 5.41) is 0. The van der Waals surface area contributed by atoms with Gasteiger partial charge in [-0.1, -0.05) is 42.5 Å². The molecule has 1 saturated heterocycles. The molecular weight excluding hydrogens is 386 g/mol. The van der Waals surface area contributed by atoms with E-state index in [0.29, 0.717) is 0 Å². The summed E-state index contributed by atoms with van der Waals surface area (Å²) in [4.78, 5) is 20.3. The minimum Gasteiger partial charge on any atom is -0.497 e. The van der Waals surface area contributed by atoms with E-state index in [9.17, 15) is 4.79 Å². The van der Waals surface area contributed by atoms with Gasteiger partial charge in [-0.25, -0.2) is 4.98 Å². The third-order valence-corrected chi connectivity index (χ3v) is 6.96. The van der Waals surface area contributed by atoms with E-state index in [1.165, 1.54) is 12.0 Å². The lowest BCUT2D eigenvalue weighted by Gasteiger charge is -2.27. The maximum atomic E-state index is 12.9. The Kier molecular flexibility index (Phi) is 5.36. The van der Waals surface area contributed by atoms with Crippen molar-refractivity contribution in [3.8, 4) is 17.0 Å². The van der Waals surface area contributed by atoms with Crippen molar-refractivity contribution in [3.63, 3.8) is 0 Å². The van der Waals surface area contributed by atoms with E-state index in [4.69, 9.17) is 9.72 Å². The first-order chi connectivity index (χ1) is 15.1. The van der Waals surface area contributed by atoms with Gasteiger partial charge in [0, 0.05) is 37.7 Å². The van der Waals surface area contributed by atoms with Gasteiger partial charge in [0.1, 0.15) is 11.6 Å². The van der Waals surface area contributed by atoms with Crippen molar-refractivity contribution in [2.24, 2.45) is 5.41 Å². The lowest BCUT2D eigenvalue weighted by molar-refractivity contribution is 0.220. The first kappa shape index (κ1) is 20.0. The van der Waals surface area contributed by atoms with Crippen molar-refractivity contribution in [1.82, 2.24) is 14.5 Å². The normalized spacial score (nSPS) is 21.1. The molecule has 0 amide bonds. The van der Waals surface area contributed by atoms with Gasteiger partial charge in [-0.05, 0) is 48.9 Å². The maximum absolute atomic E-state index is 12.9. The minimum atomic E-state index is 0.0761. The smallest absolute Gasteiger partial charge is 0.254 e. The highest BCUT2D eigenvalue weighted by Gasteiger charge is 2.39. The Hall–Kier alpha value is -2.92. The van der Waals surface area contributed by atoms with Crippen LogP contribution in [0.4, 0.5) is 0 Å². The molecule has 2 aliphatic rings. The average Bonchev–Trinajstić information content (AvgIpc) is 3.10. The summed E-state index contributed by atoms with van der Waals surface area (Å²) >= 11 is 0. The summed E-state index contributed by atoms with van der Waals surface area (Å²) in [6, 6.07) is 20.1. The number of hydrogen-bond donors (Lipinski definition) is 0. The Morgan fingerprint density at radius 2 is 1.84 bits per heavy atom. The summed E-state index contributed by atoms with van der Waals surface area (Å²) in [5.41, 5.74) is 3.43. The third-order valence-electron chi connectivity index (χ3n) is 6.96. The summed E-state index contributed by atoms with van der Waals surface area (Å²) < 4.78 is 7.29. The second-order valence-corrected chi connectivity index (χ2v) is 8.98. The Bertz CT molecular complexity index is 1120. The van der Waals surface area contributed by atoms with Crippen LogP contribution < -0.4 is 10.3 Å². The highest BCUT2D eigenvalue weighted by molar-refractivity contribution is 5.58. The van der Waals surface area contributed by atoms with E-state index < -0.39 is 0 Å². The van der Waals surface area contributed by atoms with Crippen LogP contribution in [0.25, 0.3) is 11.3 Å². The van der Waals surface area contributed by atoms with E-state index in [-0.39, 0.29) is 11.0 Å². The number of nitrogens with zero attached hydrogens (tertiary/aromatic N) is 3. The number of benzene rings is 2. The molecule has 2 aliphatic heterocycles. The van der Waals surface area contributed by atoms with E-state index in [0.717, 1.165) is 68.3 Å². The minimum absolute atomic E-state index is 0.0761. The molecular formula is C26H29N3O2. The van der Waals surface area contributed by atoms with Crippen molar-refractivity contribution in [3.05, 3.63) is 82.4 Å². The van der Waals surface area contributed by atoms with E-state index in [1.807, 2.05) is 41.0 Å². The highest BCUT2D eigenvalue weighted by atomic mass is 16.5. The molecule has 1 unspecified atom stereocenters. The van der Waals surface area contributed by atoms with Crippen LogP contribution in [-0.2, 0) is 19.5 Å². The number of aromatic nitrogens is 2. The number of aryl methyl sites for hydroxylation is 1. The monoisotopic (exact) mass is 415 g/mol. The third kappa shape index (κ3) is 4.15. The zero-order valence-electron chi connectivity index (χ0n) is 18.1. The van der Waals surface area contributed by atoms with Crippen LogP contribution in [-0.4, -0.2) is 34.7 Å². The van der Waals surface area contributed by atoms with Crippen molar-refractivity contribution in [1.29, 1.82) is 0 Å². The number of fused-ring (bicyclic) bond motifs is 1. The molecule has 0 aliphatic carbocycles. The zero-order valence-corrected chi connectivity index (χ0v) is 18.1. The molecule has 0 saturated carbocycles. The molecule has 5 heteroatoms. The molecule has 160 valence electrons. The van der Waals surface area contributed by atoms with Crippen LogP contribution in [0.1, 0.15) is 30.7 Å². The molecule has 3 heterocycles. The van der Waals surface area contributed by atoms with Crippen LogP contribution in [0.3, 0.4) is 0 Å². The van der Waals surface area contributed by atoms with E-state index in [1.54, 1.807) is 13.2 Å². The Morgan fingerprint density at radius 1 is 1.00 bits per heavy atom. The molecule has 1 fully saturated rings. The standard InChI is InChI=1S/C26H29N3O2/c1-31-22-9-5-6-20(16-22)18-28-14-12-26(19-28)11-10-24-27-23(21-7-3-2-4-8-21)17-25(30)29(24)15-13-26/h2-9,16-17H,10-15,18-19H2,1H3. The molecule has 0 bridgehead atoms. The van der Waals surface area contributed by atoms with Gasteiger partial charge in [0.15, 0.2) is 0 Å². The van der Waals surface area contributed by atoms with Gasteiger partial charge in [-0.3, -0.25) is 14.3 Å². The molecule has 3 aromatic rings. The average molecular weight is 416 g/mol. The molecule has 1 aromatic heterocycles. The first-order valence-corrected chi connectivity index (χ1v) is 11.2. The van der Waals surface area contributed by atoms with Crippen molar-refractivity contribution in [2.75, 3.05) is 20.2 Å². The predicted octanol–water partition coefficient (Wildman–Crippen LogP) is 4.15. The summed E-state index contributed by atoms with van der Waals surface area (Å²) in [5.74, 6) is 1.85. The van der Waals surface area contributed by atoms with Crippen LogP contribution in [0.5, 0.6) is 5.75 Å². The number of ether oxygens (including phenoxy) is 1. The molecule has 1 spiro atoms. The number of methoxy groups -OCH3 is 1. The molecule has 0 radical (unpaired) electrons. The quantitative estimate of drug-likeness (QED) is 0.642. The predicted molar refractivity (Wildman–Crippen MR) is 122 cm³/mol. The molecule has 5 rings (SSSR count). The molecule has 2 aromatic carbocycles. The summed E-state index contributed by atoms with van der Waals surface area (Å²) in [6.45, 7) is 3.90.